The van der Waals surface area contributed by atoms with E-state index < -0.39 is 60.7 Å². The number of ether oxygens (including phenoxy) is 3. The van der Waals surface area contributed by atoms with Gasteiger partial charge in [0.1, 0.15) is 42.4 Å². The quantitative estimate of drug-likeness (QED) is 0.278. The molecule has 5 heterocycles. The summed E-state index contributed by atoms with van der Waals surface area (Å²) >= 11 is 0. The molecule has 2 aromatic rings. The zero-order chi connectivity index (χ0) is 21.4. The third-order valence-corrected chi connectivity index (χ3v) is 5.81. The third kappa shape index (κ3) is 2.56. The molecule has 7 N–H and O–H groups in total. The molecule has 0 aromatic carbocycles. The van der Waals surface area contributed by atoms with Crippen molar-refractivity contribution in [2.45, 2.75) is 61.2 Å². The summed E-state index contributed by atoms with van der Waals surface area (Å²) in [5, 5.41) is 51.2. The molecular weight excluding hydrogens is 406 g/mol. The van der Waals surface area contributed by atoms with E-state index in [4.69, 9.17) is 19.9 Å². The Morgan fingerprint density at radius 1 is 1.20 bits per heavy atom. The van der Waals surface area contributed by atoms with Crippen LogP contribution in [0.25, 0.3) is 11.2 Å². The van der Waals surface area contributed by atoms with Gasteiger partial charge in [0.05, 0.1) is 12.4 Å². The molecule has 162 valence electrons. The second-order valence-corrected chi connectivity index (χ2v) is 7.53. The number of imidazole rings is 1. The average Bonchev–Trinajstić information content (AvgIpc) is 3.26. The number of carbonyl (C=O) groups is 1. The predicted molar refractivity (Wildman–Crippen MR) is 92.4 cm³/mol. The van der Waals surface area contributed by atoms with Crippen LogP contribution in [-0.4, -0.2) is 99.5 Å². The lowest BCUT2D eigenvalue weighted by atomic mass is 9.84. The zero-order valence-corrected chi connectivity index (χ0v) is 15.2. The number of nitrogen functional groups attached to an aromatic ring is 1. The van der Waals surface area contributed by atoms with Gasteiger partial charge in [0.2, 0.25) is 5.79 Å². The number of fused-ring (bicyclic) bond motifs is 3. The van der Waals surface area contributed by atoms with Crippen molar-refractivity contribution in [3.8, 4) is 0 Å². The Balaban J connectivity index is 1.46. The second kappa shape index (κ2) is 6.52. The molecule has 0 unspecified atom stereocenters. The van der Waals surface area contributed by atoms with Gasteiger partial charge in [-0.2, -0.15) is 0 Å². The summed E-state index contributed by atoms with van der Waals surface area (Å²) in [6, 6.07) is 0. The first-order chi connectivity index (χ1) is 14.2. The van der Waals surface area contributed by atoms with Crippen molar-refractivity contribution in [3.05, 3.63) is 12.7 Å². The summed E-state index contributed by atoms with van der Waals surface area (Å²) in [6.45, 7) is 0. The van der Waals surface area contributed by atoms with E-state index in [2.05, 4.69) is 15.0 Å². The van der Waals surface area contributed by atoms with Crippen LogP contribution in [0.4, 0.5) is 5.82 Å². The SMILES string of the molecule is Nc1ncnc2c1ncn2[C@@H]1O[C@@H]2C[C@H]3O[C@H](C(=O)O)[C@@H](O)[C@H](O)[C@@]3(O)O[C@@H]2[C@H]1O. The molecule has 0 aliphatic carbocycles. The van der Waals surface area contributed by atoms with Crippen LogP contribution >= 0.6 is 0 Å². The van der Waals surface area contributed by atoms with E-state index in [1.54, 1.807) is 0 Å². The maximum absolute atomic E-state index is 11.3. The molecule has 3 aliphatic rings. The highest BCUT2D eigenvalue weighted by Gasteiger charge is 2.65. The summed E-state index contributed by atoms with van der Waals surface area (Å²) in [4.78, 5) is 23.4. The molecule has 3 saturated heterocycles. The number of aliphatic carboxylic acids is 1. The topological polar surface area (TPSA) is 216 Å². The van der Waals surface area contributed by atoms with E-state index in [9.17, 15) is 30.3 Å². The van der Waals surface area contributed by atoms with Crippen LogP contribution < -0.4 is 5.73 Å². The molecule has 0 saturated carbocycles. The van der Waals surface area contributed by atoms with Crippen LogP contribution in [-0.2, 0) is 19.0 Å². The highest BCUT2D eigenvalue weighted by Crippen LogP contribution is 2.46. The van der Waals surface area contributed by atoms with Gasteiger partial charge in [-0.3, -0.25) is 4.57 Å². The molecule has 0 bridgehead atoms. The first-order valence-electron chi connectivity index (χ1n) is 9.13. The largest absolute Gasteiger partial charge is 0.479 e. The lowest BCUT2D eigenvalue weighted by Crippen LogP contribution is -2.72. The number of hydrogen-bond acceptors (Lipinski definition) is 12. The standard InChI is InChI=1S/C16H19N5O9/c17-12-6-13(19-2-18-12)21(3-20-6)14-8(23)9-4(28-14)1-5-16(27,30-9)11(24)7(22)10(29-5)15(25)26/h2-5,7-11,14,22-24,27H,1H2,(H,25,26)(H2,17,18,19)/t4-,5-,7-,8-,9+,10+,11+,14-,16+/m1/s1. The van der Waals surface area contributed by atoms with Gasteiger partial charge in [0.25, 0.3) is 0 Å². The number of carboxylic acids is 1. The molecule has 3 aliphatic heterocycles. The van der Waals surface area contributed by atoms with Crippen molar-refractivity contribution >= 4 is 23.0 Å². The van der Waals surface area contributed by atoms with Crippen molar-refractivity contribution in [2.24, 2.45) is 0 Å². The normalized spacial score (nSPS) is 43.3. The number of aromatic nitrogens is 4. The van der Waals surface area contributed by atoms with Crippen molar-refractivity contribution in [1.82, 2.24) is 19.5 Å². The molecule has 0 radical (unpaired) electrons. The minimum atomic E-state index is -2.44. The maximum Gasteiger partial charge on any atom is 0.335 e. The van der Waals surface area contributed by atoms with E-state index >= 15 is 0 Å². The molecule has 30 heavy (non-hydrogen) atoms. The van der Waals surface area contributed by atoms with Gasteiger partial charge in [-0.1, -0.05) is 0 Å². The van der Waals surface area contributed by atoms with Crippen molar-refractivity contribution in [1.29, 1.82) is 0 Å². The van der Waals surface area contributed by atoms with Gasteiger partial charge in [-0.05, 0) is 0 Å². The van der Waals surface area contributed by atoms with Crippen LogP contribution in [0.3, 0.4) is 0 Å². The van der Waals surface area contributed by atoms with E-state index in [-0.39, 0.29) is 12.2 Å². The summed E-state index contributed by atoms with van der Waals surface area (Å²) in [5.74, 6) is -3.79. The van der Waals surface area contributed by atoms with Gasteiger partial charge in [0, 0.05) is 6.42 Å². The predicted octanol–water partition coefficient (Wildman–Crippen LogP) is -3.28. The smallest absolute Gasteiger partial charge is 0.335 e. The molecule has 9 atom stereocenters. The van der Waals surface area contributed by atoms with Gasteiger partial charge < -0.3 is 45.5 Å². The molecule has 5 rings (SSSR count). The number of aliphatic hydroxyl groups excluding tert-OH is 3. The number of aliphatic hydroxyl groups is 4. The number of rotatable bonds is 2. The number of nitrogens with zero attached hydrogens (tertiary/aromatic N) is 4. The minimum absolute atomic E-state index is 0.105. The molecule has 2 aromatic heterocycles. The molecule has 0 spiro atoms. The monoisotopic (exact) mass is 425 g/mol. The number of anilines is 1. The zero-order valence-electron chi connectivity index (χ0n) is 15.2. The first kappa shape index (κ1) is 19.5. The fourth-order valence-electron chi connectivity index (χ4n) is 4.30. The Hall–Kier alpha value is -2.46. The number of nitrogens with two attached hydrogens (primary N) is 1. The van der Waals surface area contributed by atoms with E-state index in [1.165, 1.54) is 17.2 Å². The lowest BCUT2D eigenvalue weighted by Gasteiger charge is -2.51. The molecule has 14 nitrogen and oxygen atoms in total. The molecule has 3 fully saturated rings. The van der Waals surface area contributed by atoms with E-state index in [0.29, 0.717) is 11.2 Å². The molecular formula is C16H19N5O9. The summed E-state index contributed by atoms with van der Waals surface area (Å²) in [5.41, 5.74) is 6.39. The Kier molecular flexibility index (Phi) is 4.24. The Morgan fingerprint density at radius 2 is 1.97 bits per heavy atom. The van der Waals surface area contributed by atoms with Crippen LogP contribution in [0.15, 0.2) is 12.7 Å². The number of carboxylic acid groups (broad SMARTS) is 1. The van der Waals surface area contributed by atoms with E-state index in [0.717, 1.165) is 0 Å². The summed E-state index contributed by atoms with van der Waals surface area (Å²) < 4.78 is 18.2. The highest BCUT2D eigenvalue weighted by molar-refractivity contribution is 5.81. The van der Waals surface area contributed by atoms with Crippen LogP contribution in [0.2, 0.25) is 0 Å². The fourth-order valence-corrected chi connectivity index (χ4v) is 4.30. The summed E-state index contributed by atoms with van der Waals surface area (Å²) in [6.07, 6.45) is -8.79. The van der Waals surface area contributed by atoms with Crippen molar-refractivity contribution in [2.75, 3.05) is 5.73 Å². The lowest BCUT2D eigenvalue weighted by molar-refractivity contribution is -0.396. The third-order valence-electron chi connectivity index (χ3n) is 5.81. The van der Waals surface area contributed by atoms with Gasteiger partial charge in [-0.15, -0.1) is 0 Å². The van der Waals surface area contributed by atoms with Gasteiger partial charge in [-0.25, -0.2) is 19.7 Å². The second-order valence-electron chi connectivity index (χ2n) is 7.53. The fraction of sp³-hybridized carbons (Fsp3) is 0.625. The highest BCUT2D eigenvalue weighted by atomic mass is 16.7. The van der Waals surface area contributed by atoms with Crippen LogP contribution in [0, 0.1) is 0 Å². The first-order valence-corrected chi connectivity index (χ1v) is 9.13. The number of hydrogen-bond donors (Lipinski definition) is 6. The van der Waals surface area contributed by atoms with E-state index in [1.807, 2.05) is 0 Å². The van der Waals surface area contributed by atoms with Crippen LogP contribution in [0.5, 0.6) is 0 Å². The average molecular weight is 425 g/mol. The van der Waals surface area contributed by atoms with Crippen LogP contribution in [0.1, 0.15) is 12.6 Å². The summed E-state index contributed by atoms with van der Waals surface area (Å²) in [7, 11) is 0. The Morgan fingerprint density at radius 3 is 2.70 bits per heavy atom. The van der Waals surface area contributed by atoms with Gasteiger partial charge >= 0.3 is 5.97 Å². The molecule has 14 heteroatoms. The minimum Gasteiger partial charge on any atom is -0.479 e. The Bertz CT molecular complexity index is 1000. The van der Waals surface area contributed by atoms with Crippen molar-refractivity contribution in [3.63, 3.8) is 0 Å². The Labute approximate surface area is 167 Å². The molecule has 0 amide bonds. The van der Waals surface area contributed by atoms with Crippen molar-refractivity contribution < 1.29 is 44.5 Å². The van der Waals surface area contributed by atoms with Gasteiger partial charge in [0.15, 0.2) is 23.8 Å². The maximum atomic E-state index is 11.3.